The Hall–Kier alpha value is -1.67. The lowest BCUT2D eigenvalue weighted by molar-refractivity contribution is -0.117. The minimum atomic E-state index is -1.94. The largest absolute Gasteiger partial charge is 0.441 e. The number of methoxy groups -OCH3 is 1. The van der Waals surface area contributed by atoms with Gasteiger partial charge >= 0.3 is 6.09 Å². The zero-order valence-corrected chi connectivity index (χ0v) is 26.9. The number of para-hydroxylation sites is 1. The molecule has 0 saturated heterocycles. The SMILES string of the molecule is COCOC(C)(C)CCC/C=C1\[C@H](OC(=O)Nc2ccccc2)C[C@H]2[C@@H](O[Si](C)(C)C(C)(C)C)CCC[C@]12C. The number of rotatable bonds is 11. The molecule has 6 nitrogen and oxygen atoms in total. The number of hydrogen-bond donors (Lipinski definition) is 1. The van der Waals surface area contributed by atoms with Gasteiger partial charge in [0.25, 0.3) is 0 Å². The number of nitrogens with one attached hydrogen (secondary N) is 1. The van der Waals surface area contributed by atoms with Gasteiger partial charge in [0.05, 0.1) is 5.60 Å². The maximum atomic E-state index is 13.0. The summed E-state index contributed by atoms with van der Waals surface area (Å²) in [6.45, 7) is 18.5. The third-order valence-corrected chi connectivity index (χ3v) is 13.9. The smallest absolute Gasteiger partial charge is 0.412 e. The van der Waals surface area contributed by atoms with Crippen LogP contribution in [0.3, 0.4) is 0 Å². The molecule has 2 aliphatic carbocycles. The minimum absolute atomic E-state index is 0.0367. The summed E-state index contributed by atoms with van der Waals surface area (Å²) in [5.41, 5.74) is 1.74. The van der Waals surface area contributed by atoms with Gasteiger partial charge in [0.15, 0.2) is 8.32 Å². The van der Waals surface area contributed by atoms with Gasteiger partial charge in [-0.15, -0.1) is 0 Å². The first-order chi connectivity index (χ1) is 18.2. The van der Waals surface area contributed by atoms with Gasteiger partial charge < -0.3 is 18.6 Å². The minimum Gasteiger partial charge on any atom is -0.441 e. The van der Waals surface area contributed by atoms with Crippen molar-refractivity contribution in [3.63, 3.8) is 0 Å². The highest BCUT2D eigenvalue weighted by molar-refractivity contribution is 6.74. The Morgan fingerprint density at radius 2 is 1.85 bits per heavy atom. The van der Waals surface area contributed by atoms with Crippen molar-refractivity contribution in [2.75, 3.05) is 19.2 Å². The molecule has 1 aromatic rings. The van der Waals surface area contributed by atoms with Gasteiger partial charge in [-0.25, -0.2) is 4.79 Å². The second-order valence-electron chi connectivity index (χ2n) is 13.8. The summed E-state index contributed by atoms with van der Waals surface area (Å²) < 4.78 is 24.2. The van der Waals surface area contributed by atoms with Crippen molar-refractivity contribution in [2.45, 2.75) is 122 Å². The monoisotopic (exact) mass is 559 g/mol. The van der Waals surface area contributed by atoms with Gasteiger partial charge in [-0.05, 0) is 99.5 Å². The number of unbranched alkanes of at least 4 members (excludes halogenated alkanes) is 1. The average molecular weight is 560 g/mol. The van der Waals surface area contributed by atoms with Crippen LogP contribution in [0.1, 0.15) is 86.5 Å². The fraction of sp³-hybridized carbons (Fsp3) is 0.719. The molecular formula is C32H53NO5Si. The van der Waals surface area contributed by atoms with Crippen molar-refractivity contribution in [3.8, 4) is 0 Å². The Bertz CT molecular complexity index is 971. The first-order valence-electron chi connectivity index (χ1n) is 14.7. The van der Waals surface area contributed by atoms with Crippen LogP contribution < -0.4 is 5.32 Å². The number of ether oxygens (including phenoxy) is 3. The van der Waals surface area contributed by atoms with Crippen LogP contribution in [0.2, 0.25) is 18.1 Å². The standard InChI is InChI=1S/C32H53NO5Si/c1-30(2,3)39(8,9)38-27-19-15-21-32(6)25(18-13-14-20-31(4,5)36-23-35-7)28(22-26(27)32)37-29(34)33-24-16-11-10-12-17-24/h10-12,16-18,26-28H,13-15,19-23H2,1-9H3,(H,33,34)/b25-18+/t26-,27-,28+,32+/m0/s1. The van der Waals surface area contributed by atoms with E-state index in [2.05, 4.69) is 66.0 Å². The summed E-state index contributed by atoms with van der Waals surface area (Å²) in [4.78, 5) is 13.0. The molecule has 7 heteroatoms. The van der Waals surface area contributed by atoms with E-state index in [0.717, 1.165) is 50.6 Å². The zero-order chi connectivity index (χ0) is 28.9. The molecule has 2 aliphatic rings. The highest BCUT2D eigenvalue weighted by Gasteiger charge is 2.55. The van der Waals surface area contributed by atoms with E-state index in [-0.39, 0.29) is 28.3 Å². The van der Waals surface area contributed by atoms with Crippen molar-refractivity contribution in [1.82, 2.24) is 0 Å². The fourth-order valence-electron chi connectivity index (χ4n) is 6.01. The molecule has 220 valence electrons. The van der Waals surface area contributed by atoms with E-state index in [9.17, 15) is 4.79 Å². The van der Waals surface area contributed by atoms with Crippen LogP contribution in [0.15, 0.2) is 42.0 Å². The summed E-state index contributed by atoms with van der Waals surface area (Å²) in [7, 11) is -0.288. The summed E-state index contributed by atoms with van der Waals surface area (Å²) >= 11 is 0. The third kappa shape index (κ3) is 8.18. The Morgan fingerprint density at radius 3 is 2.49 bits per heavy atom. The van der Waals surface area contributed by atoms with E-state index >= 15 is 0 Å². The molecule has 0 unspecified atom stereocenters. The molecule has 2 saturated carbocycles. The second kappa shape index (κ2) is 12.9. The molecule has 0 aromatic heterocycles. The Labute approximate surface area is 238 Å². The number of benzene rings is 1. The molecule has 39 heavy (non-hydrogen) atoms. The number of fused-ring (bicyclic) bond motifs is 1. The molecule has 1 aromatic carbocycles. The van der Waals surface area contributed by atoms with Gasteiger partial charge in [0.1, 0.15) is 12.9 Å². The predicted molar refractivity (Wildman–Crippen MR) is 161 cm³/mol. The van der Waals surface area contributed by atoms with Crippen molar-refractivity contribution in [3.05, 3.63) is 42.0 Å². The molecule has 4 atom stereocenters. The molecule has 0 bridgehead atoms. The fourth-order valence-corrected chi connectivity index (χ4v) is 7.40. The first-order valence-corrected chi connectivity index (χ1v) is 17.6. The van der Waals surface area contributed by atoms with Crippen LogP contribution >= 0.6 is 0 Å². The number of anilines is 1. The molecular weight excluding hydrogens is 506 g/mol. The zero-order valence-electron chi connectivity index (χ0n) is 25.9. The molecule has 0 heterocycles. The number of hydrogen-bond acceptors (Lipinski definition) is 5. The summed E-state index contributed by atoms with van der Waals surface area (Å²) in [5, 5.41) is 3.07. The van der Waals surface area contributed by atoms with Crippen LogP contribution in [-0.4, -0.2) is 46.1 Å². The van der Waals surface area contributed by atoms with Gasteiger partial charge in [-0.3, -0.25) is 5.32 Å². The third-order valence-electron chi connectivity index (χ3n) is 9.36. The maximum absolute atomic E-state index is 13.0. The predicted octanol–water partition coefficient (Wildman–Crippen LogP) is 8.70. The van der Waals surface area contributed by atoms with Crippen molar-refractivity contribution in [2.24, 2.45) is 11.3 Å². The number of amides is 1. The lowest BCUT2D eigenvalue weighted by atomic mass is 9.66. The first kappa shape index (κ1) is 31.8. The summed E-state index contributed by atoms with van der Waals surface area (Å²) in [6, 6.07) is 9.51. The highest BCUT2D eigenvalue weighted by Crippen LogP contribution is 2.58. The van der Waals surface area contributed by atoms with E-state index in [1.807, 2.05) is 30.3 Å². The molecule has 0 spiro atoms. The number of carbonyl (C=O) groups is 1. The van der Waals surface area contributed by atoms with E-state index < -0.39 is 14.4 Å². The van der Waals surface area contributed by atoms with Crippen LogP contribution in [0.25, 0.3) is 0 Å². The number of carbonyl (C=O) groups excluding carboxylic acids is 1. The van der Waals surface area contributed by atoms with Crippen LogP contribution in [0.5, 0.6) is 0 Å². The van der Waals surface area contributed by atoms with Crippen LogP contribution in [0, 0.1) is 11.3 Å². The highest BCUT2D eigenvalue weighted by atomic mass is 28.4. The van der Waals surface area contributed by atoms with E-state index in [4.69, 9.17) is 18.6 Å². The van der Waals surface area contributed by atoms with E-state index in [1.165, 1.54) is 5.57 Å². The van der Waals surface area contributed by atoms with Gasteiger partial charge in [0.2, 0.25) is 0 Å². The van der Waals surface area contributed by atoms with E-state index in [0.29, 0.717) is 12.7 Å². The molecule has 3 rings (SSSR count). The van der Waals surface area contributed by atoms with Gasteiger partial charge in [-0.2, -0.15) is 0 Å². The Morgan fingerprint density at radius 1 is 1.15 bits per heavy atom. The summed E-state index contributed by atoms with van der Waals surface area (Å²) in [6.07, 6.45) is 8.88. The molecule has 2 fully saturated rings. The lowest BCUT2D eigenvalue weighted by Crippen LogP contribution is -2.49. The molecule has 0 radical (unpaired) electrons. The van der Waals surface area contributed by atoms with E-state index in [1.54, 1.807) is 7.11 Å². The maximum Gasteiger partial charge on any atom is 0.412 e. The normalized spacial score (nSPS) is 26.9. The Balaban J connectivity index is 1.81. The Kier molecular flexibility index (Phi) is 10.5. The molecule has 1 amide bonds. The molecule has 0 aliphatic heterocycles. The van der Waals surface area contributed by atoms with Crippen molar-refractivity contribution >= 4 is 20.1 Å². The van der Waals surface area contributed by atoms with Gasteiger partial charge in [-0.1, -0.05) is 58.4 Å². The summed E-state index contributed by atoms with van der Waals surface area (Å²) in [5.74, 6) is 0.336. The molecule has 1 N–H and O–H groups in total. The quantitative estimate of drug-likeness (QED) is 0.127. The van der Waals surface area contributed by atoms with Crippen LogP contribution in [-0.2, 0) is 18.6 Å². The van der Waals surface area contributed by atoms with Crippen molar-refractivity contribution < 1.29 is 23.4 Å². The topological polar surface area (TPSA) is 66.0 Å². The van der Waals surface area contributed by atoms with Crippen LogP contribution in [0.4, 0.5) is 10.5 Å². The second-order valence-corrected chi connectivity index (χ2v) is 18.6. The van der Waals surface area contributed by atoms with Gasteiger partial charge in [0, 0.05) is 18.9 Å². The lowest BCUT2D eigenvalue weighted by Gasteiger charge is -2.47. The van der Waals surface area contributed by atoms with Crippen molar-refractivity contribution in [1.29, 1.82) is 0 Å². The average Bonchev–Trinajstić information content (AvgIpc) is 3.12. The number of allylic oxidation sites excluding steroid dienone is 1.